The lowest BCUT2D eigenvalue weighted by Crippen LogP contribution is -2.33. The van der Waals surface area contributed by atoms with Crippen molar-refractivity contribution in [2.75, 3.05) is 5.32 Å². The molecular weight excluding hydrogens is 312 g/mol. The first-order chi connectivity index (χ1) is 8.70. The Morgan fingerprint density at radius 1 is 1.42 bits per heavy atom. The van der Waals surface area contributed by atoms with Crippen molar-refractivity contribution in [2.24, 2.45) is 5.73 Å². The lowest BCUT2D eigenvalue weighted by molar-refractivity contribution is -0.116. The molecular formula is C13H17BrN2O3. The summed E-state index contributed by atoms with van der Waals surface area (Å²) in [7, 11) is 0. The van der Waals surface area contributed by atoms with E-state index in [9.17, 15) is 9.59 Å². The molecule has 0 heterocycles. The molecule has 0 aliphatic rings. The molecule has 0 saturated carbocycles. The number of benzene rings is 1. The third-order valence-electron chi connectivity index (χ3n) is 2.50. The van der Waals surface area contributed by atoms with Crippen molar-refractivity contribution in [1.82, 2.24) is 0 Å². The van der Waals surface area contributed by atoms with Crippen LogP contribution in [-0.4, -0.2) is 22.5 Å². The van der Waals surface area contributed by atoms with Gasteiger partial charge in [-0.05, 0) is 48.3 Å². The number of halogens is 1. The second-order valence-corrected chi connectivity index (χ2v) is 5.86. The Morgan fingerprint density at radius 3 is 2.58 bits per heavy atom. The molecule has 0 spiro atoms. The summed E-state index contributed by atoms with van der Waals surface area (Å²) in [5, 5.41) is 11.7. The van der Waals surface area contributed by atoms with Crippen LogP contribution >= 0.6 is 15.9 Å². The Kier molecular flexibility index (Phi) is 5.08. The smallest absolute Gasteiger partial charge is 0.337 e. The van der Waals surface area contributed by atoms with Crippen molar-refractivity contribution in [1.29, 1.82) is 0 Å². The van der Waals surface area contributed by atoms with Gasteiger partial charge in [0.25, 0.3) is 0 Å². The zero-order chi connectivity index (χ0) is 14.6. The standard InChI is InChI=1S/C13H17BrN2O3/c1-13(2,15)7-6-10(17)16-11-8(12(18)19)4-3-5-9(11)14/h3-5H,6-7,15H2,1-2H3,(H,16,17)(H,18,19). The van der Waals surface area contributed by atoms with E-state index < -0.39 is 11.5 Å². The molecule has 1 rings (SSSR count). The number of hydrogen-bond acceptors (Lipinski definition) is 3. The molecule has 0 aromatic heterocycles. The van der Waals surface area contributed by atoms with Crippen molar-refractivity contribution in [3.05, 3.63) is 28.2 Å². The largest absolute Gasteiger partial charge is 0.478 e. The number of amides is 1. The third kappa shape index (κ3) is 5.00. The van der Waals surface area contributed by atoms with E-state index in [1.165, 1.54) is 6.07 Å². The number of para-hydroxylation sites is 1. The highest BCUT2D eigenvalue weighted by Gasteiger charge is 2.17. The summed E-state index contributed by atoms with van der Waals surface area (Å²) in [5.74, 6) is -1.34. The van der Waals surface area contributed by atoms with Gasteiger partial charge in [0, 0.05) is 16.4 Å². The van der Waals surface area contributed by atoms with E-state index in [1.807, 2.05) is 13.8 Å². The van der Waals surface area contributed by atoms with Crippen LogP contribution in [-0.2, 0) is 4.79 Å². The average molecular weight is 329 g/mol. The Morgan fingerprint density at radius 2 is 2.05 bits per heavy atom. The second-order valence-electron chi connectivity index (χ2n) is 5.00. The molecule has 0 saturated heterocycles. The molecule has 0 atom stereocenters. The van der Waals surface area contributed by atoms with E-state index in [0.29, 0.717) is 10.9 Å². The predicted molar refractivity (Wildman–Crippen MR) is 77.2 cm³/mol. The van der Waals surface area contributed by atoms with Crippen molar-refractivity contribution in [2.45, 2.75) is 32.2 Å². The summed E-state index contributed by atoms with van der Waals surface area (Å²) in [5.41, 5.74) is 5.70. The quantitative estimate of drug-likeness (QED) is 0.774. The van der Waals surface area contributed by atoms with Crippen molar-refractivity contribution < 1.29 is 14.7 Å². The van der Waals surface area contributed by atoms with Gasteiger partial charge in [-0.15, -0.1) is 0 Å². The molecule has 104 valence electrons. The highest BCUT2D eigenvalue weighted by molar-refractivity contribution is 9.10. The maximum atomic E-state index is 11.8. The Labute approximate surface area is 120 Å². The van der Waals surface area contributed by atoms with E-state index in [1.54, 1.807) is 12.1 Å². The fourth-order valence-corrected chi connectivity index (χ4v) is 1.93. The van der Waals surface area contributed by atoms with Crippen LogP contribution in [0.3, 0.4) is 0 Å². The van der Waals surface area contributed by atoms with Gasteiger partial charge in [-0.2, -0.15) is 0 Å². The van der Waals surface area contributed by atoms with E-state index in [0.717, 1.165) is 0 Å². The monoisotopic (exact) mass is 328 g/mol. The summed E-state index contributed by atoms with van der Waals surface area (Å²) >= 11 is 3.23. The van der Waals surface area contributed by atoms with Gasteiger partial charge in [-0.1, -0.05) is 6.07 Å². The van der Waals surface area contributed by atoms with Gasteiger partial charge in [-0.25, -0.2) is 4.79 Å². The van der Waals surface area contributed by atoms with E-state index in [-0.39, 0.29) is 23.6 Å². The number of nitrogens with two attached hydrogens (primary N) is 1. The number of hydrogen-bond donors (Lipinski definition) is 3. The number of nitrogens with one attached hydrogen (secondary N) is 1. The first-order valence-corrected chi connectivity index (χ1v) is 6.60. The fourth-order valence-electron chi connectivity index (χ4n) is 1.47. The topological polar surface area (TPSA) is 92.4 Å². The molecule has 1 aromatic carbocycles. The second kappa shape index (κ2) is 6.16. The molecule has 5 nitrogen and oxygen atoms in total. The van der Waals surface area contributed by atoms with Crippen LogP contribution in [0.25, 0.3) is 0 Å². The molecule has 0 fully saturated rings. The van der Waals surface area contributed by atoms with Crippen molar-refractivity contribution in [3.8, 4) is 0 Å². The molecule has 6 heteroatoms. The number of anilines is 1. The van der Waals surface area contributed by atoms with Crippen molar-refractivity contribution >= 4 is 33.5 Å². The molecule has 0 bridgehead atoms. The molecule has 4 N–H and O–H groups in total. The zero-order valence-corrected chi connectivity index (χ0v) is 12.5. The molecule has 1 amide bonds. The zero-order valence-electron chi connectivity index (χ0n) is 10.9. The number of aromatic carboxylic acids is 1. The van der Waals surface area contributed by atoms with Crippen LogP contribution in [0.5, 0.6) is 0 Å². The molecule has 0 unspecified atom stereocenters. The van der Waals surface area contributed by atoms with Gasteiger partial charge >= 0.3 is 5.97 Å². The van der Waals surface area contributed by atoms with Gasteiger partial charge < -0.3 is 16.2 Å². The van der Waals surface area contributed by atoms with Crippen LogP contribution in [0.1, 0.15) is 37.0 Å². The summed E-state index contributed by atoms with van der Waals surface area (Å²) in [6.07, 6.45) is 0.760. The SMILES string of the molecule is CC(C)(N)CCC(=O)Nc1c(Br)cccc1C(=O)O. The molecule has 0 radical (unpaired) electrons. The lowest BCUT2D eigenvalue weighted by atomic mass is 10.00. The number of rotatable bonds is 5. The van der Waals surface area contributed by atoms with Crippen LogP contribution in [0.2, 0.25) is 0 Å². The summed E-state index contributed by atoms with van der Waals surface area (Å²) in [6, 6.07) is 4.72. The first kappa shape index (κ1) is 15.7. The minimum absolute atomic E-state index is 0.0507. The van der Waals surface area contributed by atoms with Crippen molar-refractivity contribution in [3.63, 3.8) is 0 Å². The van der Waals surface area contributed by atoms with Gasteiger partial charge in [0.15, 0.2) is 0 Å². The number of carbonyl (C=O) groups is 2. The van der Waals surface area contributed by atoms with E-state index in [2.05, 4.69) is 21.2 Å². The molecule has 0 aliphatic heterocycles. The fraction of sp³-hybridized carbons (Fsp3) is 0.385. The Bertz CT molecular complexity index is 495. The van der Waals surface area contributed by atoms with E-state index in [4.69, 9.17) is 10.8 Å². The van der Waals surface area contributed by atoms with Gasteiger partial charge in [-0.3, -0.25) is 4.79 Å². The molecule has 0 aliphatic carbocycles. The molecule has 1 aromatic rings. The highest BCUT2D eigenvalue weighted by atomic mass is 79.9. The minimum Gasteiger partial charge on any atom is -0.478 e. The maximum absolute atomic E-state index is 11.8. The van der Waals surface area contributed by atoms with Gasteiger partial charge in [0.2, 0.25) is 5.91 Å². The summed E-state index contributed by atoms with van der Waals surface area (Å²) < 4.78 is 0.535. The summed E-state index contributed by atoms with van der Waals surface area (Å²) in [6.45, 7) is 3.67. The Balaban J connectivity index is 2.82. The van der Waals surface area contributed by atoms with Gasteiger partial charge in [0.05, 0.1) is 11.3 Å². The predicted octanol–water partition coefficient (Wildman–Crippen LogP) is 2.60. The number of carboxylic acid groups (broad SMARTS) is 1. The average Bonchev–Trinajstić information content (AvgIpc) is 2.28. The molecule has 19 heavy (non-hydrogen) atoms. The summed E-state index contributed by atoms with van der Waals surface area (Å²) in [4.78, 5) is 22.9. The Hall–Kier alpha value is -1.40. The van der Waals surface area contributed by atoms with E-state index >= 15 is 0 Å². The highest BCUT2D eigenvalue weighted by Crippen LogP contribution is 2.27. The van der Waals surface area contributed by atoms with Gasteiger partial charge in [0.1, 0.15) is 0 Å². The third-order valence-corrected chi connectivity index (χ3v) is 3.17. The van der Waals surface area contributed by atoms with Crippen LogP contribution in [0.4, 0.5) is 5.69 Å². The van der Waals surface area contributed by atoms with Crippen LogP contribution < -0.4 is 11.1 Å². The van der Waals surface area contributed by atoms with Crippen LogP contribution in [0, 0.1) is 0 Å². The maximum Gasteiger partial charge on any atom is 0.337 e. The number of carbonyl (C=O) groups excluding carboxylic acids is 1. The first-order valence-electron chi connectivity index (χ1n) is 5.81. The lowest BCUT2D eigenvalue weighted by Gasteiger charge is -2.18. The van der Waals surface area contributed by atoms with Crippen LogP contribution in [0.15, 0.2) is 22.7 Å². The minimum atomic E-state index is -1.09. The number of carboxylic acids is 1. The normalized spacial score (nSPS) is 11.2.